The number of carbonyl (C=O) groups is 1. The molecule has 0 unspecified atom stereocenters. The third-order valence-electron chi connectivity index (χ3n) is 3.21. The van der Waals surface area contributed by atoms with Crippen LogP contribution in [0.4, 0.5) is 0 Å². The Bertz CT molecular complexity index is 525. The van der Waals surface area contributed by atoms with Gasteiger partial charge in [0, 0.05) is 15.5 Å². The molecule has 2 rings (SSSR count). The fourth-order valence-corrected chi connectivity index (χ4v) is 3.07. The minimum absolute atomic E-state index is 0.0933. The van der Waals surface area contributed by atoms with Crippen molar-refractivity contribution < 1.29 is 9.72 Å². The number of alkyl halides is 1. The van der Waals surface area contributed by atoms with Crippen molar-refractivity contribution in [3.63, 3.8) is 0 Å². The molecule has 1 saturated heterocycles. The van der Waals surface area contributed by atoms with Gasteiger partial charge in [0.1, 0.15) is 0 Å². The zero-order valence-corrected chi connectivity index (χ0v) is 13.0. The summed E-state index contributed by atoms with van der Waals surface area (Å²) < 4.78 is 0. The van der Waals surface area contributed by atoms with Gasteiger partial charge in [-0.3, -0.25) is 19.8 Å². The lowest BCUT2D eigenvalue weighted by Gasteiger charge is -2.21. The van der Waals surface area contributed by atoms with E-state index in [0.29, 0.717) is 10.6 Å². The summed E-state index contributed by atoms with van der Waals surface area (Å²) in [6, 6.07) is 6.58. The number of halogens is 2. The molecule has 0 spiro atoms. The third kappa shape index (κ3) is 3.17. The standard InChI is InChI=1S/C12H13BrClN3O3/c1-7-15-12(17(19)20)11(13)16(7)6-10(18)8-2-4-9(14)5-3-8/h2-5,7,11-12,15H,6H2,1H3/t7-,11+,12+/m0/s1. The zero-order valence-electron chi connectivity index (χ0n) is 10.6. The van der Waals surface area contributed by atoms with Crippen LogP contribution in [-0.4, -0.2) is 39.4 Å². The largest absolute Gasteiger partial charge is 0.293 e. The Hall–Kier alpha value is -1.02. The van der Waals surface area contributed by atoms with Gasteiger partial charge in [-0.1, -0.05) is 27.5 Å². The molecule has 0 bridgehead atoms. The number of Topliss-reactive ketones (excluding diaryl/α,β-unsaturated/α-hetero) is 1. The molecule has 20 heavy (non-hydrogen) atoms. The number of benzene rings is 1. The molecule has 0 aromatic heterocycles. The Morgan fingerprint density at radius 1 is 1.50 bits per heavy atom. The average molecular weight is 363 g/mol. The molecule has 3 atom stereocenters. The van der Waals surface area contributed by atoms with E-state index in [4.69, 9.17) is 11.6 Å². The summed E-state index contributed by atoms with van der Waals surface area (Å²) in [5.41, 5.74) is 0.533. The highest BCUT2D eigenvalue weighted by Gasteiger charge is 2.44. The Labute approximate surface area is 129 Å². The van der Waals surface area contributed by atoms with Crippen molar-refractivity contribution in [3.8, 4) is 0 Å². The van der Waals surface area contributed by atoms with Crippen molar-refractivity contribution in [2.45, 2.75) is 24.2 Å². The minimum Gasteiger partial charge on any atom is -0.293 e. The lowest BCUT2D eigenvalue weighted by atomic mass is 10.1. The van der Waals surface area contributed by atoms with Crippen molar-refractivity contribution in [2.75, 3.05) is 6.54 Å². The lowest BCUT2D eigenvalue weighted by Crippen LogP contribution is -2.39. The molecule has 1 fully saturated rings. The van der Waals surface area contributed by atoms with Gasteiger partial charge in [-0.2, -0.15) is 0 Å². The molecule has 8 heteroatoms. The summed E-state index contributed by atoms with van der Waals surface area (Å²) in [4.78, 5) is 23.8. The number of nitrogens with zero attached hydrogens (tertiary/aromatic N) is 2. The molecule has 1 heterocycles. The molecule has 6 nitrogen and oxygen atoms in total. The maximum Gasteiger partial charge on any atom is 0.292 e. The van der Waals surface area contributed by atoms with Crippen molar-refractivity contribution in [1.29, 1.82) is 0 Å². The lowest BCUT2D eigenvalue weighted by molar-refractivity contribution is -0.525. The maximum atomic E-state index is 12.2. The van der Waals surface area contributed by atoms with E-state index in [-0.39, 0.29) is 18.5 Å². The summed E-state index contributed by atoms with van der Waals surface area (Å²) in [5.74, 6) is -0.108. The van der Waals surface area contributed by atoms with E-state index < -0.39 is 16.0 Å². The first-order valence-electron chi connectivity index (χ1n) is 5.98. The number of carbonyl (C=O) groups excluding carboxylic acids is 1. The second-order valence-electron chi connectivity index (χ2n) is 4.55. The quantitative estimate of drug-likeness (QED) is 0.292. The van der Waals surface area contributed by atoms with Gasteiger partial charge in [-0.15, -0.1) is 0 Å². The Kier molecular flexibility index (Phi) is 4.74. The molecule has 1 N–H and O–H groups in total. The highest BCUT2D eigenvalue weighted by atomic mass is 79.9. The Morgan fingerprint density at radius 2 is 2.10 bits per heavy atom. The van der Waals surface area contributed by atoms with E-state index >= 15 is 0 Å². The van der Waals surface area contributed by atoms with Crippen LogP contribution in [0.5, 0.6) is 0 Å². The van der Waals surface area contributed by atoms with Crippen LogP contribution in [-0.2, 0) is 0 Å². The number of ketones is 1. The van der Waals surface area contributed by atoms with Gasteiger partial charge in [-0.25, -0.2) is 5.32 Å². The molecule has 108 valence electrons. The molecule has 1 aromatic rings. The normalized spacial score (nSPS) is 26.6. The minimum atomic E-state index is -0.928. The summed E-state index contributed by atoms with van der Waals surface area (Å²) in [5, 5.41) is 14.3. The average Bonchev–Trinajstić information content (AvgIpc) is 2.67. The zero-order chi connectivity index (χ0) is 14.9. The van der Waals surface area contributed by atoms with Gasteiger partial charge in [0.25, 0.3) is 6.17 Å². The van der Waals surface area contributed by atoms with Crippen molar-refractivity contribution >= 4 is 33.3 Å². The van der Waals surface area contributed by atoms with E-state index in [1.165, 1.54) is 0 Å². The SMILES string of the molecule is C[C@H]1N[C@H]([N+](=O)[O-])[C@H](Br)N1CC(=O)c1ccc(Cl)cc1. The predicted molar refractivity (Wildman–Crippen MR) is 78.6 cm³/mol. The van der Waals surface area contributed by atoms with E-state index in [1.54, 1.807) is 36.1 Å². The highest BCUT2D eigenvalue weighted by molar-refractivity contribution is 9.09. The van der Waals surface area contributed by atoms with Gasteiger partial charge < -0.3 is 0 Å². The van der Waals surface area contributed by atoms with Crippen molar-refractivity contribution in [2.24, 2.45) is 0 Å². The molecular formula is C12H13BrClN3O3. The predicted octanol–water partition coefficient (Wildman–Crippen LogP) is 2.10. The van der Waals surface area contributed by atoms with E-state index in [0.717, 1.165) is 0 Å². The first-order chi connectivity index (χ1) is 9.40. The topological polar surface area (TPSA) is 75.5 Å². The van der Waals surface area contributed by atoms with Gasteiger partial charge in [-0.05, 0) is 31.2 Å². The van der Waals surface area contributed by atoms with Crippen LogP contribution in [0.3, 0.4) is 0 Å². The van der Waals surface area contributed by atoms with Crippen molar-refractivity contribution in [3.05, 3.63) is 45.0 Å². The summed E-state index contributed by atoms with van der Waals surface area (Å²) in [7, 11) is 0. The number of rotatable bonds is 4. The smallest absolute Gasteiger partial charge is 0.292 e. The van der Waals surface area contributed by atoms with Crippen LogP contribution < -0.4 is 5.32 Å². The first-order valence-corrected chi connectivity index (χ1v) is 7.27. The van der Waals surface area contributed by atoms with Crippen LogP contribution in [0.1, 0.15) is 17.3 Å². The van der Waals surface area contributed by atoms with Gasteiger partial charge >= 0.3 is 0 Å². The Morgan fingerprint density at radius 3 is 2.60 bits per heavy atom. The third-order valence-corrected chi connectivity index (χ3v) is 4.49. The van der Waals surface area contributed by atoms with E-state index in [9.17, 15) is 14.9 Å². The molecular weight excluding hydrogens is 350 g/mol. The molecule has 0 amide bonds. The van der Waals surface area contributed by atoms with Gasteiger partial charge in [0.2, 0.25) is 0 Å². The summed E-state index contributed by atoms with van der Waals surface area (Å²) >= 11 is 9.05. The first kappa shape index (κ1) is 15.4. The van der Waals surface area contributed by atoms with Crippen LogP contribution in [0.15, 0.2) is 24.3 Å². The van der Waals surface area contributed by atoms with E-state index in [2.05, 4.69) is 21.2 Å². The molecule has 0 saturated carbocycles. The van der Waals surface area contributed by atoms with E-state index in [1.807, 2.05) is 0 Å². The second-order valence-corrected chi connectivity index (χ2v) is 5.92. The number of hydrogen-bond donors (Lipinski definition) is 1. The molecule has 1 aromatic carbocycles. The number of nitrogens with one attached hydrogen (secondary N) is 1. The molecule has 0 aliphatic carbocycles. The fraction of sp³-hybridized carbons (Fsp3) is 0.417. The molecule has 0 radical (unpaired) electrons. The summed E-state index contributed by atoms with van der Waals surface area (Å²) in [6.45, 7) is 1.88. The van der Waals surface area contributed by atoms with Crippen LogP contribution >= 0.6 is 27.5 Å². The second kappa shape index (κ2) is 6.17. The van der Waals surface area contributed by atoms with Crippen LogP contribution in [0.25, 0.3) is 0 Å². The number of nitro groups is 1. The van der Waals surface area contributed by atoms with Gasteiger partial charge in [0.15, 0.2) is 10.7 Å². The fourth-order valence-electron chi connectivity index (χ4n) is 2.10. The van der Waals surface area contributed by atoms with Crippen molar-refractivity contribution in [1.82, 2.24) is 10.2 Å². The molecule has 1 aliphatic heterocycles. The Balaban J connectivity index is 2.07. The van der Waals surface area contributed by atoms with Gasteiger partial charge in [0.05, 0.1) is 12.7 Å². The van der Waals surface area contributed by atoms with Crippen LogP contribution in [0, 0.1) is 10.1 Å². The summed E-state index contributed by atoms with van der Waals surface area (Å²) in [6.07, 6.45) is -1.19. The maximum absolute atomic E-state index is 12.2. The molecule has 1 aliphatic rings. The highest BCUT2D eigenvalue weighted by Crippen LogP contribution is 2.23. The monoisotopic (exact) mass is 361 g/mol. The van der Waals surface area contributed by atoms with Crippen LogP contribution in [0.2, 0.25) is 5.02 Å². The number of hydrogen-bond acceptors (Lipinski definition) is 5.